The molecule has 0 aliphatic heterocycles. The van der Waals surface area contributed by atoms with E-state index in [-0.39, 0.29) is 12.1 Å². The first-order valence-electron chi connectivity index (χ1n) is 7.66. The molecule has 0 radical (unpaired) electrons. The molecular weight excluding hydrogens is 284 g/mol. The van der Waals surface area contributed by atoms with E-state index in [9.17, 15) is 8.42 Å². The van der Waals surface area contributed by atoms with Crippen molar-refractivity contribution in [2.75, 3.05) is 7.05 Å². The van der Waals surface area contributed by atoms with Crippen molar-refractivity contribution in [3.63, 3.8) is 0 Å². The fourth-order valence-electron chi connectivity index (χ4n) is 2.91. The molecule has 0 bridgehead atoms. The molecular formula is C16H26N2O2S. The fraction of sp³-hybridized carbons (Fsp3) is 0.625. The van der Waals surface area contributed by atoms with E-state index >= 15 is 0 Å². The number of nitrogens with two attached hydrogens (primary N) is 1. The van der Waals surface area contributed by atoms with E-state index in [4.69, 9.17) is 5.73 Å². The van der Waals surface area contributed by atoms with Crippen LogP contribution >= 0.6 is 0 Å². The van der Waals surface area contributed by atoms with Gasteiger partial charge in [-0.3, -0.25) is 0 Å². The second-order valence-electron chi connectivity index (χ2n) is 6.29. The second kappa shape index (κ2) is 6.46. The third-order valence-electron chi connectivity index (χ3n) is 4.58. The summed E-state index contributed by atoms with van der Waals surface area (Å²) in [6.45, 7) is 4.12. The molecule has 4 nitrogen and oxygen atoms in total. The standard InChI is InChI=1S/C16H26N2O2S/c1-12-4-8-15(9-5-12)18(3)21(19,20)16-10-6-14(7-11-16)13(2)17/h6-7,10-13,15H,4-5,8-9,17H2,1-3H3. The fourth-order valence-corrected chi connectivity index (χ4v) is 4.33. The lowest BCUT2D eigenvalue weighted by molar-refractivity contribution is 0.246. The van der Waals surface area contributed by atoms with Crippen molar-refractivity contribution >= 4 is 10.0 Å². The highest BCUT2D eigenvalue weighted by molar-refractivity contribution is 7.89. The second-order valence-corrected chi connectivity index (χ2v) is 8.29. The molecule has 2 rings (SSSR count). The van der Waals surface area contributed by atoms with Crippen LogP contribution in [0.4, 0.5) is 0 Å². The van der Waals surface area contributed by atoms with Crippen LogP contribution in [0.15, 0.2) is 29.2 Å². The topological polar surface area (TPSA) is 63.4 Å². The van der Waals surface area contributed by atoms with Crippen molar-refractivity contribution in [2.45, 2.75) is 56.5 Å². The van der Waals surface area contributed by atoms with Crippen molar-refractivity contribution in [3.8, 4) is 0 Å². The van der Waals surface area contributed by atoms with E-state index in [0.717, 1.165) is 31.2 Å². The van der Waals surface area contributed by atoms with Gasteiger partial charge in [0.15, 0.2) is 0 Å². The summed E-state index contributed by atoms with van der Waals surface area (Å²) < 4.78 is 26.9. The predicted molar refractivity (Wildman–Crippen MR) is 85.4 cm³/mol. The summed E-state index contributed by atoms with van der Waals surface area (Å²) >= 11 is 0. The Balaban J connectivity index is 2.16. The summed E-state index contributed by atoms with van der Waals surface area (Å²) in [6, 6.07) is 6.97. The Morgan fingerprint density at radius 3 is 2.14 bits per heavy atom. The zero-order valence-corrected chi connectivity index (χ0v) is 13.9. The van der Waals surface area contributed by atoms with Gasteiger partial charge in [-0.2, -0.15) is 4.31 Å². The van der Waals surface area contributed by atoms with Gasteiger partial charge in [-0.05, 0) is 56.2 Å². The SMILES string of the molecule is CC1CCC(N(C)S(=O)(=O)c2ccc(C(C)N)cc2)CC1. The van der Waals surface area contributed by atoms with Crippen molar-refractivity contribution in [3.05, 3.63) is 29.8 Å². The van der Waals surface area contributed by atoms with Crippen LogP contribution in [0, 0.1) is 5.92 Å². The highest BCUT2D eigenvalue weighted by atomic mass is 32.2. The summed E-state index contributed by atoms with van der Waals surface area (Å²) in [6.07, 6.45) is 4.12. The van der Waals surface area contributed by atoms with Crippen molar-refractivity contribution < 1.29 is 8.42 Å². The number of rotatable bonds is 4. The molecule has 5 heteroatoms. The first-order valence-corrected chi connectivity index (χ1v) is 9.10. The van der Waals surface area contributed by atoms with Gasteiger partial charge in [0, 0.05) is 19.1 Å². The largest absolute Gasteiger partial charge is 0.324 e. The summed E-state index contributed by atoms with van der Waals surface area (Å²) in [7, 11) is -1.70. The molecule has 0 aromatic heterocycles. The number of benzene rings is 1. The van der Waals surface area contributed by atoms with Crippen molar-refractivity contribution in [2.24, 2.45) is 11.7 Å². The number of hydrogen-bond donors (Lipinski definition) is 1. The maximum Gasteiger partial charge on any atom is 0.243 e. The highest BCUT2D eigenvalue weighted by Crippen LogP contribution is 2.29. The average molecular weight is 310 g/mol. The van der Waals surface area contributed by atoms with Crippen molar-refractivity contribution in [1.82, 2.24) is 4.31 Å². The molecule has 0 amide bonds. The van der Waals surface area contributed by atoms with Crippen LogP contribution in [0.1, 0.15) is 51.1 Å². The van der Waals surface area contributed by atoms with Gasteiger partial charge in [-0.15, -0.1) is 0 Å². The van der Waals surface area contributed by atoms with Gasteiger partial charge in [0.05, 0.1) is 4.90 Å². The number of hydrogen-bond acceptors (Lipinski definition) is 3. The van der Waals surface area contributed by atoms with Gasteiger partial charge in [0.25, 0.3) is 0 Å². The zero-order chi connectivity index (χ0) is 15.6. The third-order valence-corrected chi connectivity index (χ3v) is 6.51. The molecule has 1 aliphatic rings. The Morgan fingerprint density at radius 2 is 1.67 bits per heavy atom. The van der Waals surface area contributed by atoms with E-state index in [1.807, 2.05) is 6.92 Å². The Kier molecular flexibility index (Phi) is 5.07. The lowest BCUT2D eigenvalue weighted by Crippen LogP contribution is -2.39. The van der Waals surface area contributed by atoms with Crippen LogP contribution in [-0.4, -0.2) is 25.8 Å². The van der Waals surface area contributed by atoms with E-state index in [0.29, 0.717) is 10.8 Å². The first-order chi connectivity index (χ1) is 9.82. The molecule has 1 aliphatic carbocycles. The molecule has 1 saturated carbocycles. The van der Waals surface area contributed by atoms with E-state index in [1.54, 1.807) is 35.6 Å². The third kappa shape index (κ3) is 3.65. The zero-order valence-electron chi connectivity index (χ0n) is 13.1. The molecule has 2 N–H and O–H groups in total. The molecule has 1 fully saturated rings. The van der Waals surface area contributed by atoms with Gasteiger partial charge in [-0.25, -0.2) is 8.42 Å². The quantitative estimate of drug-likeness (QED) is 0.930. The Labute approximate surface area is 128 Å². The van der Waals surface area contributed by atoms with Crippen LogP contribution in [0.25, 0.3) is 0 Å². The normalized spacial score (nSPS) is 25.0. The van der Waals surface area contributed by atoms with Gasteiger partial charge in [0.1, 0.15) is 0 Å². The monoisotopic (exact) mass is 310 g/mol. The van der Waals surface area contributed by atoms with Crippen LogP contribution in [0.2, 0.25) is 0 Å². The molecule has 118 valence electrons. The Bertz CT molecular complexity index is 558. The maximum atomic E-state index is 12.7. The minimum atomic E-state index is -3.41. The average Bonchev–Trinajstić information content (AvgIpc) is 2.47. The van der Waals surface area contributed by atoms with Crippen LogP contribution in [0.3, 0.4) is 0 Å². The molecule has 1 aromatic carbocycles. The predicted octanol–water partition coefficient (Wildman–Crippen LogP) is 2.91. The number of sulfonamides is 1. The van der Waals surface area contributed by atoms with Crippen LogP contribution in [0.5, 0.6) is 0 Å². The van der Waals surface area contributed by atoms with E-state index in [2.05, 4.69) is 6.92 Å². The van der Waals surface area contributed by atoms with Crippen molar-refractivity contribution in [1.29, 1.82) is 0 Å². The van der Waals surface area contributed by atoms with Crippen LogP contribution in [-0.2, 0) is 10.0 Å². The van der Waals surface area contributed by atoms with Crippen LogP contribution < -0.4 is 5.73 Å². The van der Waals surface area contributed by atoms with Gasteiger partial charge < -0.3 is 5.73 Å². The Hall–Kier alpha value is -0.910. The molecule has 0 spiro atoms. The van der Waals surface area contributed by atoms with E-state index < -0.39 is 10.0 Å². The summed E-state index contributed by atoms with van der Waals surface area (Å²) in [5.41, 5.74) is 6.75. The molecule has 1 aromatic rings. The van der Waals surface area contributed by atoms with Gasteiger partial charge >= 0.3 is 0 Å². The minimum Gasteiger partial charge on any atom is -0.324 e. The lowest BCUT2D eigenvalue weighted by Gasteiger charge is -2.32. The molecule has 1 atom stereocenters. The van der Waals surface area contributed by atoms with Gasteiger partial charge in [-0.1, -0.05) is 19.1 Å². The molecule has 1 unspecified atom stereocenters. The maximum absolute atomic E-state index is 12.7. The molecule has 21 heavy (non-hydrogen) atoms. The summed E-state index contributed by atoms with van der Waals surface area (Å²) in [4.78, 5) is 0.355. The summed E-state index contributed by atoms with van der Waals surface area (Å²) in [5, 5.41) is 0. The Morgan fingerprint density at radius 1 is 1.14 bits per heavy atom. The highest BCUT2D eigenvalue weighted by Gasteiger charge is 2.30. The smallest absolute Gasteiger partial charge is 0.243 e. The van der Waals surface area contributed by atoms with Gasteiger partial charge in [0.2, 0.25) is 10.0 Å². The lowest BCUT2D eigenvalue weighted by atomic mass is 9.87. The molecule has 0 saturated heterocycles. The molecule has 0 heterocycles. The minimum absolute atomic E-state index is 0.0840. The van der Waals surface area contributed by atoms with E-state index in [1.165, 1.54) is 0 Å². The first kappa shape index (κ1) is 16.5. The summed E-state index contributed by atoms with van der Waals surface area (Å²) in [5.74, 6) is 0.711. The number of nitrogens with zero attached hydrogens (tertiary/aromatic N) is 1.